The predicted octanol–water partition coefficient (Wildman–Crippen LogP) is 1.90. The maximum absolute atomic E-state index is 6.41. The summed E-state index contributed by atoms with van der Waals surface area (Å²) >= 11 is 0. The first kappa shape index (κ1) is 16.0. The van der Waals surface area contributed by atoms with Crippen molar-refractivity contribution in [2.75, 3.05) is 46.9 Å². The van der Waals surface area contributed by atoms with Crippen molar-refractivity contribution < 1.29 is 13.9 Å². The van der Waals surface area contributed by atoms with E-state index in [2.05, 4.69) is 30.0 Å². The number of rotatable bonds is 4. The summed E-state index contributed by atoms with van der Waals surface area (Å²) in [6.07, 6.45) is 2.53. The van der Waals surface area contributed by atoms with Crippen molar-refractivity contribution in [3.63, 3.8) is 0 Å². The fraction of sp³-hybridized carbons (Fsp3) is 0.765. The largest absolute Gasteiger partial charge is 0.465 e. The predicted molar refractivity (Wildman–Crippen MR) is 84.9 cm³/mol. The zero-order valence-electron chi connectivity index (χ0n) is 14.0. The molecule has 0 radical (unpaired) electrons. The van der Waals surface area contributed by atoms with Gasteiger partial charge in [-0.2, -0.15) is 0 Å². The van der Waals surface area contributed by atoms with Crippen LogP contribution in [0.1, 0.15) is 24.4 Å². The molecule has 0 saturated carbocycles. The third kappa shape index (κ3) is 3.90. The van der Waals surface area contributed by atoms with Crippen LogP contribution in [-0.2, 0) is 16.0 Å². The van der Waals surface area contributed by atoms with Crippen molar-refractivity contribution in [1.29, 1.82) is 0 Å². The Hall–Kier alpha value is -0.880. The Labute approximate surface area is 133 Å². The highest BCUT2D eigenvalue weighted by atomic mass is 16.6. The van der Waals surface area contributed by atoms with Crippen LogP contribution in [0.4, 0.5) is 0 Å². The molecule has 0 bridgehead atoms. The lowest BCUT2D eigenvalue weighted by Crippen LogP contribution is -2.44. The number of nitrogens with zero attached hydrogens (tertiary/aromatic N) is 2. The van der Waals surface area contributed by atoms with Gasteiger partial charge in [0.05, 0.1) is 25.9 Å². The summed E-state index contributed by atoms with van der Waals surface area (Å²) in [7, 11) is 4.20. The zero-order valence-corrected chi connectivity index (χ0v) is 14.0. The van der Waals surface area contributed by atoms with Crippen molar-refractivity contribution in [2.24, 2.45) is 0 Å². The Balaban J connectivity index is 1.62. The molecule has 3 rings (SSSR count). The van der Waals surface area contributed by atoms with Crippen molar-refractivity contribution >= 4 is 0 Å². The molecule has 1 spiro atoms. The zero-order chi connectivity index (χ0) is 15.6. The SMILES string of the molecule is Cc1ccc(CN2CCOCC3(CCC(CN(C)C)O3)C2)o1. The molecule has 5 nitrogen and oxygen atoms in total. The number of hydrogen-bond acceptors (Lipinski definition) is 5. The van der Waals surface area contributed by atoms with E-state index in [0.717, 1.165) is 57.1 Å². The highest BCUT2D eigenvalue weighted by Crippen LogP contribution is 2.33. The topological polar surface area (TPSA) is 38.1 Å². The Morgan fingerprint density at radius 1 is 1.36 bits per heavy atom. The van der Waals surface area contributed by atoms with Gasteiger partial charge < -0.3 is 18.8 Å². The first-order valence-corrected chi connectivity index (χ1v) is 8.23. The van der Waals surface area contributed by atoms with Crippen molar-refractivity contribution in [2.45, 2.75) is 38.0 Å². The fourth-order valence-corrected chi connectivity index (χ4v) is 3.56. The molecule has 0 aliphatic carbocycles. The summed E-state index contributed by atoms with van der Waals surface area (Å²) in [4.78, 5) is 4.61. The fourth-order valence-electron chi connectivity index (χ4n) is 3.56. The lowest BCUT2D eigenvalue weighted by atomic mass is 10.00. The van der Waals surface area contributed by atoms with Crippen LogP contribution >= 0.6 is 0 Å². The van der Waals surface area contributed by atoms with Crippen LogP contribution in [0.25, 0.3) is 0 Å². The minimum atomic E-state index is -0.140. The van der Waals surface area contributed by atoms with Crippen LogP contribution in [0, 0.1) is 6.92 Å². The van der Waals surface area contributed by atoms with E-state index >= 15 is 0 Å². The van der Waals surface area contributed by atoms with E-state index in [0.29, 0.717) is 12.7 Å². The van der Waals surface area contributed by atoms with E-state index in [-0.39, 0.29) is 5.60 Å². The van der Waals surface area contributed by atoms with Crippen molar-refractivity contribution in [1.82, 2.24) is 9.80 Å². The van der Waals surface area contributed by atoms with Gasteiger partial charge in [0.2, 0.25) is 0 Å². The normalized spacial score (nSPS) is 30.3. The molecule has 0 aromatic carbocycles. The van der Waals surface area contributed by atoms with Crippen molar-refractivity contribution in [3.05, 3.63) is 23.7 Å². The highest BCUT2D eigenvalue weighted by Gasteiger charge is 2.43. The van der Waals surface area contributed by atoms with Crippen LogP contribution in [0.2, 0.25) is 0 Å². The Morgan fingerprint density at radius 2 is 2.23 bits per heavy atom. The van der Waals surface area contributed by atoms with E-state index in [1.165, 1.54) is 0 Å². The standard InChI is InChI=1S/C17H28N2O3/c1-14-4-5-15(21-14)11-19-8-9-20-13-17(12-19)7-6-16(22-17)10-18(2)3/h4-5,16H,6-13H2,1-3H3. The molecule has 0 amide bonds. The highest BCUT2D eigenvalue weighted by molar-refractivity contribution is 5.06. The van der Waals surface area contributed by atoms with Gasteiger partial charge in [0, 0.05) is 19.6 Å². The molecule has 5 heteroatoms. The van der Waals surface area contributed by atoms with Crippen LogP contribution in [0.15, 0.2) is 16.5 Å². The number of furan rings is 1. The number of likely N-dealkylation sites (N-methyl/N-ethyl adjacent to an activating group) is 1. The molecular weight excluding hydrogens is 280 g/mol. The Bertz CT molecular complexity index is 488. The van der Waals surface area contributed by atoms with Crippen LogP contribution in [0.3, 0.4) is 0 Å². The third-order valence-electron chi connectivity index (χ3n) is 4.51. The Kier molecular flexibility index (Phi) is 4.88. The molecule has 2 aliphatic rings. The van der Waals surface area contributed by atoms with Crippen LogP contribution in [-0.4, -0.2) is 68.4 Å². The Morgan fingerprint density at radius 3 is 2.95 bits per heavy atom. The van der Waals surface area contributed by atoms with Gasteiger partial charge in [0.25, 0.3) is 0 Å². The van der Waals surface area contributed by atoms with Gasteiger partial charge in [-0.15, -0.1) is 0 Å². The first-order chi connectivity index (χ1) is 10.5. The summed E-state index contributed by atoms with van der Waals surface area (Å²) < 4.78 is 18.0. The molecule has 22 heavy (non-hydrogen) atoms. The van der Waals surface area contributed by atoms with Gasteiger partial charge in [0.1, 0.15) is 17.1 Å². The second-order valence-corrected chi connectivity index (χ2v) is 7.00. The molecular formula is C17H28N2O3. The summed E-state index contributed by atoms with van der Waals surface area (Å²) in [5, 5.41) is 0. The monoisotopic (exact) mass is 308 g/mol. The van der Waals surface area contributed by atoms with Gasteiger partial charge in [-0.1, -0.05) is 0 Å². The lowest BCUT2D eigenvalue weighted by molar-refractivity contribution is -0.0904. The van der Waals surface area contributed by atoms with E-state index < -0.39 is 0 Å². The summed E-state index contributed by atoms with van der Waals surface area (Å²) in [5.74, 6) is 2.00. The molecule has 1 aromatic rings. The number of aryl methyl sites for hydroxylation is 1. The molecule has 0 N–H and O–H groups in total. The second kappa shape index (κ2) is 6.71. The third-order valence-corrected chi connectivity index (χ3v) is 4.51. The number of ether oxygens (including phenoxy) is 2. The first-order valence-electron chi connectivity index (χ1n) is 8.23. The molecule has 124 valence electrons. The lowest BCUT2D eigenvalue weighted by Gasteiger charge is -2.32. The molecule has 2 atom stereocenters. The van der Waals surface area contributed by atoms with Crippen molar-refractivity contribution in [3.8, 4) is 0 Å². The van der Waals surface area contributed by atoms with E-state index in [9.17, 15) is 0 Å². The minimum Gasteiger partial charge on any atom is -0.465 e. The van der Waals surface area contributed by atoms with E-state index in [1.54, 1.807) is 0 Å². The average Bonchev–Trinajstić information content (AvgIpc) is 2.95. The van der Waals surface area contributed by atoms with Gasteiger partial charge in [-0.05, 0) is 46.0 Å². The smallest absolute Gasteiger partial charge is 0.118 e. The molecule has 1 aromatic heterocycles. The number of hydrogen-bond donors (Lipinski definition) is 0. The molecule has 2 saturated heterocycles. The maximum Gasteiger partial charge on any atom is 0.118 e. The van der Waals surface area contributed by atoms with Crippen LogP contribution in [0.5, 0.6) is 0 Å². The summed E-state index contributed by atoms with van der Waals surface area (Å²) in [6.45, 7) is 7.15. The molecule has 2 fully saturated rings. The molecule has 2 aliphatic heterocycles. The summed E-state index contributed by atoms with van der Waals surface area (Å²) in [5.41, 5.74) is -0.140. The van der Waals surface area contributed by atoms with Gasteiger partial charge >= 0.3 is 0 Å². The van der Waals surface area contributed by atoms with Gasteiger partial charge in [-0.25, -0.2) is 0 Å². The van der Waals surface area contributed by atoms with Gasteiger partial charge in [0.15, 0.2) is 0 Å². The average molecular weight is 308 g/mol. The summed E-state index contributed by atoms with van der Waals surface area (Å²) in [6, 6.07) is 4.09. The van der Waals surface area contributed by atoms with Crippen LogP contribution < -0.4 is 0 Å². The van der Waals surface area contributed by atoms with E-state index in [4.69, 9.17) is 13.9 Å². The van der Waals surface area contributed by atoms with Gasteiger partial charge in [-0.3, -0.25) is 4.90 Å². The maximum atomic E-state index is 6.41. The second-order valence-electron chi connectivity index (χ2n) is 7.00. The quantitative estimate of drug-likeness (QED) is 0.849. The molecule has 2 unspecified atom stereocenters. The minimum absolute atomic E-state index is 0.140. The molecule has 3 heterocycles. The van der Waals surface area contributed by atoms with E-state index in [1.807, 2.05) is 13.0 Å².